The third-order valence-electron chi connectivity index (χ3n) is 5.33. The van der Waals surface area contributed by atoms with E-state index in [1.54, 1.807) is 28.9 Å². The first-order valence-electron chi connectivity index (χ1n) is 10.5. The van der Waals surface area contributed by atoms with Gasteiger partial charge < -0.3 is 15.4 Å². The number of rotatable bonds is 7. The minimum Gasteiger partial charge on any atom is -0.494 e. The number of nitrogens with one attached hydrogen (secondary N) is 2. The molecule has 1 aromatic heterocycles. The molecule has 0 spiro atoms. The third kappa shape index (κ3) is 4.17. The van der Waals surface area contributed by atoms with Crippen molar-refractivity contribution in [2.45, 2.75) is 39.7 Å². The molecule has 0 saturated carbocycles. The summed E-state index contributed by atoms with van der Waals surface area (Å²) in [4.78, 5) is 25.3. The van der Waals surface area contributed by atoms with Crippen LogP contribution in [-0.2, 0) is 16.0 Å². The van der Waals surface area contributed by atoms with E-state index in [0.717, 1.165) is 29.0 Å². The van der Waals surface area contributed by atoms with Gasteiger partial charge in [0.15, 0.2) is 0 Å². The average Bonchev–Trinajstić information content (AvgIpc) is 3.25. The summed E-state index contributed by atoms with van der Waals surface area (Å²) in [6.07, 6.45) is 0.731. The van der Waals surface area contributed by atoms with Crippen molar-refractivity contribution < 1.29 is 14.3 Å². The highest BCUT2D eigenvalue weighted by Crippen LogP contribution is 2.38. The summed E-state index contributed by atoms with van der Waals surface area (Å²) in [6, 6.07) is 14.6. The first kappa shape index (κ1) is 20.7. The van der Waals surface area contributed by atoms with Gasteiger partial charge in [-0.1, -0.05) is 36.8 Å². The van der Waals surface area contributed by atoms with Crippen LogP contribution in [0.25, 0.3) is 11.1 Å². The number of amides is 2. The summed E-state index contributed by atoms with van der Waals surface area (Å²) < 4.78 is 7.08. The Morgan fingerprint density at radius 1 is 1.13 bits per heavy atom. The number of hydrogen-bond donors (Lipinski definition) is 2. The van der Waals surface area contributed by atoms with E-state index in [2.05, 4.69) is 15.7 Å². The van der Waals surface area contributed by atoms with E-state index in [0.29, 0.717) is 18.1 Å². The third-order valence-corrected chi connectivity index (χ3v) is 5.33. The number of hydrogen-bond acceptors (Lipinski definition) is 4. The number of fused-ring (bicyclic) bond motifs is 1. The average molecular weight is 418 g/mol. The quantitative estimate of drug-likeness (QED) is 0.598. The molecule has 2 heterocycles. The molecule has 3 aromatic rings. The molecule has 1 atom stereocenters. The van der Waals surface area contributed by atoms with E-state index in [4.69, 9.17) is 4.74 Å². The zero-order valence-electron chi connectivity index (χ0n) is 17.9. The minimum absolute atomic E-state index is 0.00418. The van der Waals surface area contributed by atoms with Gasteiger partial charge in [-0.05, 0) is 50.1 Å². The van der Waals surface area contributed by atoms with E-state index in [1.807, 2.05) is 45.0 Å². The van der Waals surface area contributed by atoms with Crippen LogP contribution in [-0.4, -0.2) is 28.2 Å². The number of aromatic nitrogens is 2. The Labute approximate surface area is 181 Å². The molecule has 0 bridgehead atoms. The van der Waals surface area contributed by atoms with Gasteiger partial charge in [0.25, 0.3) is 5.91 Å². The lowest BCUT2D eigenvalue weighted by atomic mass is 10.0. The van der Waals surface area contributed by atoms with Crippen LogP contribution in [0.5, 0.6) is 5.75 Å². The summed E-state index contributed by atoms with van der Waals surface area (Å²) in [5.41, 5.74) is 4.64. The Bertz CT molecular complexity index is 1100. The molecule has 2 amide bonds. The van der Waals surface area contributed by atoms with Crippen molar-refractivity contribution in [2.75, 3.05) is 17.2 Å². The summed E-state index contributed by atoms with van der Waals surface area (Å²) >= 11 is 0. The van der Waals surface area contributed by atoms with Crippen LogP contribution in [0, 0.1) is 6.92 Å². The molecule has 1 unspecified atom stereocenters. The van der Waals surface area contributed by atoms with Gasteiger partial charge in [-0.2, -0.15) is 5.10 Å². The molecule has 31 heavy (non-hydrogen) atoms. The largest absolute Gasteiger partial charge is 0.494 e. The number of anilines is 2. The molecule has 1 aliphatic rings. The second kappa shape index (κ2) is 8.63. The second-order valence-electron chi connectivity index (χ2n) is 7.55. The van der Waals surface area contributed by atoms with Crippen molar-refractivity contribution in [3.63, 3.8) is 0 Å². The molecule has 160 valence electrons. The van der Waals surface area contributed by atoms with E-state index in [-0.39, 0.29) is 18.2 Å². The summed E-state index contributed by atoms with van der Waals surface area (Å²) in [5.74, 6) is 0.931. The predicted molar refractivity (Wildman–Crippen MR) is 120 cm³/mol. The van der Waals surface area contributed by atoms with Gasteiger partial charge >= 0.3 is 0 Å². The van der Waals surface area contributed by atoms with Gasteiger partial charge in [0.05, 0.1) is 18.7 Å². The van der Waals surface area contributed by atoms with Crippen molar-refractivity contribution in [1.82, 2.24) is 9.78 Å². The van der Waals surface area contributed by atoms with Crippen LogP contribution < -0.4 is 15.4 Å². The molecule has 0 aliphatic carbocycles. The smallest absolute Gasteiger partial charge is 0.251 e. The molecule has 7 nitrogen and oxygen atoms in total. The molecule has 0 fully saturated rings. The first-order valence-corrected chi connectivity index (χ1v) is 10.5. The SMILES string of the molecule is CCOc1ccc(NC(=O)CC2C(=O)Nc3c(-c4ccc(C)cc4)c(CC)nn32)cc1. The maximum absolute atomic E-state index is 12.7. The fourth-order valence-electron chi connectivity index (χ4n) is 3.78. The Morgan fingerprint density at radius 2 is 1.84 bits per heavy atom. The topological polar surface area (TPSA) is 85.2 Å². The maximum Gasteiger partial charge on any atom is 0.251 e. The molecule has 4 rings (SSSR count). The molecular weight excluding hydrogens is 392 g/mol. The fraction of sp³-hybridized carbons (Fsp3) is 0.292. The van der Waals surface area contributed by atoms with Crippen molar-refractivity contribution in [1.29, 1.82) is 0 Å². The zero-order chi connectivity index (χ0) is 22.0. The lowest BCUT2D eigenvalue weighted by Gasteiger charge is -2.11. The van der Waals surface area contributed by atoms with Gasteiger partial charge in [0, 0.05) is 11.3 Å². The van der Waals surface area contributed by atoms with Crippen LogP contribution in [0.15, 0.2) is 48.5 Å². The van der Waals surface area contributed by atoms with Crippen LogP contribution in [0.3, 0.4) is 0 Å². The molecular formula is C24H26N4O3. The highest BCUT2D eigenvalue weighted by molar-refractivity contribution is 6.04. The summed E-state index contributed by atoms with van der Waals surface area (Å²) in [5, 5.41) is 10.5. The molecule has 0 saturated heterocycles. The first-order chi connectivity index (χ1) is 15.0. The Balaban J connectivity index is 1.54. The van der Waals surface area contributed by atoms with Crippen molar-refractivity contribution in [3.8, 4) is 16.9 Å². The number of carbonyl (C=O) groups is 2. The number of aryl methyl sites for hydroxylation is 2. The summed E-state index contributed by atoms with van der Waals surface area (Å²) in [7, 11) is 0. The molecule has 7 heteroatoms. The summed E-state index contributed by atoms with van der Waals surface area (Å²) in [6.45, 7) is 6.57. The van der Waals surface area contributed by atoms with Crippen molar-refractivity contribution in [2.24, 2.45) is 0 Å². The van der Waals surface area contributed by atoms with Gasteiger partial charge in [-0.25, -0.2) is 4.68 Å². The fourth-order valence-corrected chi connectivity index (χ4v) is 3.78. The molecule has 2 N–H and O–H groups in total. The van der Waals surface area contributed by atoms with Crippen LogP contribution >= 0.6 is 0 Å². The number of nitrogens with zero attached hydrogens (tertiary/aromatic N) is 2. The lowest BCUT2D eigenvalue weighted by Crippen LogP contribution is -2.23. The Kier molecular flexibility index (Phi) is 5.75. The van der Waals surface area contributed by atoms with E-state index in [9.17, 15) is 9.59 Å². The minimum atomic E-state index is -0.679. The molecule has 1 aliphatic heterocycles. The van der Waals surface area contributed by atoms with E-state index >= 15 is 0 Å². The van der Waals surface area contributed by atoms with Crippen LogP contribution in [0.4, 0.5) is 11.5 Å². The highest BCUT2D eigenvalue weighted by Gasteiger charge is 2.36. The van der Waals surface area contributed by atoms with Gasteiger partial charge in [0.1, 0.15) is 17.6 Å². The monoisotopic (exact) mass is 418 g/mol. The molecule has 2 aromatic carbocycles. The predicted octanol–water partition coefficient (Wildman–Crippen LogP) is 4.34. The van der Waals surface area contributed by atoms with Crippen molar-refractivity contribution in [3.05, 3.63) is 59.8 Å². The highest BCUT2D eigenvalue weighted by atomic mass is 16.5. The normalized spacial score (nSPS) is 14.8. The number of benzene rings is 2. The maximum atomic E-state index is 12.7. The van der Waals surface area contributed by atoms with Gasteiger partial charge in [-0.15, -0.1) is 0 Å². The number of carbonyl (C=O) groups excluding carboxylic acids is 2. The molecule has 0 radical (unpaired) electrons. The van der Waals surface area contributed by atoms with Gasteiger partial charge in [0.2, 0.25) is 5.91 Å². The van der Waals surface area contributed by atoms with Crippen LogP contribution in [0.2, 0.25) is 0 Å². The van der Waals surface area contributed by atoms with E-state index < -0.39 is 6.04 Å². The second-order valence-corrected chi connectivity index (χ2v) is 7.55. The standard InChI is InChI=1S/C24H26N4O3/c1-4-19-22(16-8-6-15(3)7-9-16)23-26-24(30)20(28(23)27-19)14-21(29)25-17-10-12-18(13-11-17)31-5-2/h6-13,20H,4-5,14H2,1-3H3,(H,25,29)(H,26,30). The van der Waals surface area contributed by atoms with Gasteiger partial charge in [-0.3, -0.25) is 9.59 Å². The lowest BCUT2D eigenvalue weighted by molar-refractivity contribution is -0.123. The van der Waals surface area contributed by atoms with E-state index in [1.165, 1.54) is 5.56 Å². The van der Waals surface area contributed by atoms with Crippen LogP contribution in [0.1, 0.15) is 37.6 Å². The Morgan fingerprint density at radius 3 is 2.48 bits per heavy atom. The zero-order valence-corrected chi connectivity index (χ0v) is 17.9. The van der Waals surface area contributed by atoms with Crippen molar-refractivity contribution >= 4 is 23.3 Å². The Hall–Kier alpha value is -3.61. The number of ether oxygens (including phenoxy) is 1.